The minimum Gasteiger partial charge on any atom is -0.339 e. The van der Waals surface area contributed by atoms with E-state index in [1.165, 1.54) is 10.7 Å². The van der Waals surface area contributed by atoms with Crippen LogP contribution in [0.1, 0.15) is 51.6 Å². The fourth-order valence-electron chi connectivity index (χ4n) is 4.51. The number of hydrogen-bond acceptors (Lipinski definition) is 5. The van der Waals surface area contributed by atoms with E-state index >= 15 is 0 Å². The summed E-state index contributed by atoms with van der Waals surface area (Å²) >= 11 is 0. The van der Waals surface area contributed by atoms with Crippen LogP contribution >= 0.6 is 0 Å². The molecule has 1 aliphatic heterocycles. The molecule has 1 amide bonds. The van der Waals surface area contributed by atoms with E-state index in [1.807, 2.05) is 36.9 Å². The van der Waals surface area contributed by atoms with Crippen LogP contribution in [-0.4, -0.2) is 48.9 Å². The normalized spacial score (nSPS) is 14.6. The number of fused-ring (bicyclic) bond motifs is 1. The number of likely N-dealkylation sites (tertiary alicyclic amines) is 1. The van der Waals surface area contributed by atoms with Crippen LogP contribution in [0.2, 0.25) is 0 Å². The van der Waals surface area contributed by atoms with E-state index < -0.39 is 17.2 Å². The van der Waals surface area contributed by atoms with Crippen molar-refractivity contribution in [3.05, 3.63) is 86.5 Å². The molecule has 0 atom stereocenters. The monoisotopic (exact) mass is 478 g/mol. The number of nitrogens with one attached hydrogen (secondary N) is 1. The number of rotatable bonds is 4. The molecule has 10 heteroatoms. The van der Waals surface area contributed by atoms with Crippen LogP contribution in [0.3, 0.4) is 0 Å². The van der Waals surface area contributed by atoms with Crippen molar-refractivity contribution < 1.29 is 13.6 Å². The largest absolute Gasteiger partial charge is 0.339 e. The van der Waals surface area contributed by atoms with Gasteiger partial charge in [0.1, 0.15) is 17.5 Å². The van der Waals surface area contributed by atoms with Gasteiger partial charge in [-0.3, -0.25) is 9.59 Å². The molecule has 0 radical (unpaired) electrons. The van der Waals surface area contributed by atoms with Gasteiger partial charge in [0.25, 0.3) is 11.5 Å². The first-order chi connectivity index (χ1) is 16.8. The zero-order chi connectivity index (χ0) is 24.7. The topological polar surface area (TPSA) is 96.8 Å². The van der Waals surface area contributed by atoms with Crippen molar-refractivity contribution in [1.29, 1.82) is 0 Å². The molecule has 3 heterocycles. The second-order valence-electron chi connectivity index (χ2n) is 8.96. The fraction of sp³-hybridized carbons (Fsp3) is 0.320. The molecular formula is C25H24F2N6O2. The first kappa shape index (κ1) is 22.8. The second kappa shape index (κ2) is 9.01. The second-order valence-corrected chi connectivity index (χ2v) is 8.96. The number of halogens is 2. The van der Waals surface area contributed by atoms with E-state index in [0.717, 1.165) is 23.3 Å². The van der Waals surface area contributed by atoms with E-state index in [1.54, 1.807) is 0 Å². The highest BCUT2D eigenvalue weighted by atomic mass is 19.1. The standard InChI is InChI=1S/C25H24F2N6O2/c1-14-6-7-15(2)17(12-14)25(35)32-10-8-16(9-11-32)22-28-23-21(24(34)29-22)30-31-33(23)13-18-19(26)4-3-5-20(18)27/h3-7,12,16H,8-11,13H2,1-2H3,(H,28,29,34). The van der Waals surface area contributed by atoms with Gasteiger partial charge in [0.2, 0.25) is 0 Å². The third kappa shape index (κ3) is 4.31. The molecule has 5 rings (SSSR count). The Morgan fingerprint density at radius 3 is 2.54 bits per heavy atom. The van der Waals surface area contributed by atoms with E-state index in [9.17, 15) is 18.4 Å². The Balaban J connectivity index is 1.37. The highest BCUT2D eigenvalue weighted by molar-refractivity contribution is 5.95. The lowest BCUT2D eigenvalue weighted by Crippen LogP contribution is -2.38. The fourth-order valence-corrected chi connectivity index (χ4v) is 4.51. The highest BCUT2D eigenvalue weighted by Gasteiger charge is 2.28. The quantitative estimate of drug-likeness (QED) is 0.485. The van der Waals surface area contributed by atoms with Crippen LogP contribution < -0.4 is 5.56 Å². The van der Waals surface area contributed by atoms with Crippen LogP contribution in [-0.2, 0) is 6.54 Å². The maximum Gasteiger partial charge on any atom is 0.281 e. The Kier molecular flexibility index (Phi) is 5.88. The summed E-state index contributed by atoms with van der Waals surface area (Å²) in [6.07, 6.45) is 1.24. The Bertz CT molecular complexity index is 1470. The van der Waals surface area contributed by atoms with Gasteiger partial charge in [-0.1, -0.05) is 29.0 Å². The van der Waals surface area contributed by atoms with Crippen LogP contribution in [0.5, 0.6) is 0 Å². The molecule has 1 aliphatic rings. The smallest absolute Gasteiger partial charge is 0.281 e. The van der Waals surface area contributed by atoms with Gasteiger partial charge in [-0.25, -0.2) is 18.4 Å². The zero-order valence-corrected chi connectivity index (χ0v) is 19.4. The SMILES string of the molecule is Cc1ccc(C)c(C(=O)N2CCC(c3nc4c(nnn4Cc4c(F)cccc4F)c(=O)[nH]3)CC2)c1. The van der Waals surface area contributed by atoms with Gasteiger partial charge in [0.15, 0.2) is 11.2 Å². The molecule has 1 saturated heterocycles. The van der Waals surface area contributed by atoms with Gasteiger partial charge >= 0.3 is 0 Å². The number of hydrogen-bond donors (Lipinski definition) is 1. The average Bonchev–Trinajstić information content (AvgIpc) is 3.26. The molecule has 0 bridgehead atoms. The number of carbonyl (C=O) groups is 1. The molecule has 0 spiro atoms. The molecule has 2 aromatic carbocycles. The summed E-state index contributed by atoms with van der Waals surface area (Å²) in [5.41, 5.74) is 2.20. The number of H-pyrrole nitrogens is 1. The summed E-state index contributed by atoms with van der Waals surface area (Å²) in [5.74, 6) is -1.04. The Hall–Kier alpha value is -3.95. The zero-order valence-electron chi connectivity index (χ0n) is 19.4. The van der Waals surface area contributed by atoms with Crippen molar-refractivity contribution in [2.24, 2.45) is 0 Å². The third-order valence-electron chi connectivity index (χ3n) is 6.55. The van der Waals surface area contributed by atoms with Crippen molar-refractivity contribution in [3.63, 3.8) is 0 Å². The third-order valence-corrected chi connectivity index (χ3v) is 6.55. The van der Waals surface area contributed by atoms with Crippen molar-refractivity contribution in [1.82, 2.24) is 29.9 Å². The van der Waals surface area contributed by atoms with Gasteiger partial charge in [-0.05, 0) is 50.5 Å². The number of aromatic amines is 1. The molecule has 0 saturated carbocycles. The van der Waals surface area contributed by atoms with Crippen molar-refractivity contribution in [3.8, 4) is 0 Å². The number of piperidine rings is 1. The number of benzene rings is 2. The summed E-state index contributed by atoms with van der Waals surface area (Å²) in [6, 6.07) is 9.45. The molecule has 2 aromatic heterocycles. The molecule has 4 aromatic rings. The predicted octanol–water partition coefficient (Wildman–Crippen LogP) is 3.48. The lowest BCUT2D eigenvalue weighted by Gasteiger charge is -2.32. The van der Waals surface area contributed by atoms with Gasteiger partial charge in [-0.2, -0.15) is 0 Å². The number of carbonyl (C=O) groups excluding carboxylic acids is 1. The lowest BCUT2D eigenvalue weighted by molar-refractivity contribution is 0.0710. The van der Waals surface area contributed by atoms with Gasteiger partial charge in [-0.15, -0.1) is 5.10 Å². The predicted molar refractivity (Wildman–Crippen MR) is 125 cm³/mol. The van der Waals surface area contributed by atoms with Crippen molar-refractivity contribution in [2.75, 3.05) is 13.1 Å². The molecule has 1 fully saturated rings. The first-order valence-electron chi connectivity index (χ1n) is 11.4. The molecule has 1 N–H and O–H groups in total. The summed E-state index contributed by atoms with van der Waals surface area (Å²) in [6.45, 7) is 4.69. The van der Waals surface area contributed by atoms with Crippen LogP contribution in [0, 0.1) is 25.5 Å². The number of aryl methyl sites for hydroxylation is 2. The Morgan fingerprint density at radius 2 is 1.83 bits per heavy atom. The summed E-state index contributed by atoms with van der Waals surface area (Å²) < 4.78 is 29.5. The molecule has 180 valence electrons. The highest BCUT2D eigenvalue weighted by Crippen LogP contribution is 2.27. The summed E-state index contributed by atoms with van der Waals surface area (Å²) in [5, 5.41) is 7.75. The summed E-state index contributed by atoms with van der Waals surface area (Å²) in [7, 11) is 0. The minimum atomic E-state index is -0.709. The van der Waals surface area contributed by atoms with Crippen LogP contribution in [0.4, 0.5) is 8.78 Å². The molecule has 0 aliphatic carbocycles. The van der Waals surface area contributed by atoms with E-state index in [2.05, 4.69) is 20.3 Å². The Morgan fingerprint density at radius 1 is 1.11 bits per heavy atom. The molecular weight excluding hydrogens is 454 g/mol. The molecule has 8 nitrogen and oxygen atoms in total. The minimum absolute atomic E-state index is 0.00394. The van der Waals surface area contributed by atoms with Crippen molar-refractivity contribution in [2.45, 2.75) is 39.2 Å². The lowest BCUT2D eigenvalue weighted by atomic mass is 9.94. The number of amides is 1. The maximum absolute atomic E-state index is 14.1. The van der Waals surface area contributed by atoms with E-state index in [-0.39, 0.29) is 35.1 Å². The van der Waals surface area contributed by atoms with Crippen molar-refractivity contribution >= 4 is 17.1 Å². The number of nitrogens with zero attached hydrogens (tertiary/aromatic N) is 5. The van der Waals surface area contributed by atoms with Gasteiger partial charge in [0, 0.05) is 30.1 Å². The van der Waals surface area contributed by atoms with Crippen LogP contribution in [0.15, 0.2) is 41.2 Å². The average molecular weight is 479 g/mol. The maximum atomic E-state index is 14.1. The van der Waals surface area contributed by atoms with Gasteiger partial charge < -0.3 is 9.88 Å². The molecule has 35 heavy (non-hydrogen) atoms. The van der Waals surface area contributed by atoms with E-state index in [0.29, 0.717) is 37.3 Å². The molecule has 0 unspecified atom stereocenters. The van der Waals surface area contributed by atoms with Gasteiger partial charge in [0.05, 0.1) is 6.54 Å². The van der Waals surface area contributed by atoms with Crippen LogP contribution in [0.25, 0.3) is 11.2 Å². The Labute approximate surface area is 199 Å². The first-order valence-corrected chi connectivity index (χ1v) is 11.4. The van der Waals surface area contributed by atoms with E-state index in [4.69, 9.17) is 0 Å². The summed E-state index contributed by atoms with van der Waals surface area (Å²) in [4.78, 5) is 34.9. The number of aromatic nitrogens is 5.